The second kappa shape index (κ2) is 3.59. The van der Waals surface area contributed by atoms with Gasteiger partial charge in [0.1, 0.15) is 11.5 Å². The van der Waals surface area contributed by atoms with Gasteiger partial charge in [-0.3, -0.25) is 0 Å². The quantitative estimate of drug-likeness (QED) is 0.729. The van der Waals surface area contributed by atoms with E-state index in [-0.39, 0.29) is 0 Å². The molecule has 0 atom stereocenters. The number of imidazole rings is 1. The van der Waals surface area contributed by atoms with E-state index < -0.39 is 0 Å². The van der Waals surface area contributed by atoms with E-state index in [9.17, 15) is 0 Å². The molecule has 0 aliphatic rings. The Bertz CT molecular complexity index is 419. The van der Waals surface area contributed by atoms with Crippen LogP contribution in [-0.2, 0) is 6.42 Å². The highest BCUT2D eigenvalue weighted by Crippen LogP contribution is 2.12. The van der Waals surface area contributed by atoms with Crippen molar-refractivity contribution in [2.75, 3.05) is 6.54 Å². The number of aryl methyl sites for hydroxylation is 1. The minimum atomic E-state index is 0.504. The van der Waals surface area contributed by atoms with Gasteiger partial charge in [0, 0.05) is 13.0 Å². The summed E-state index contributed by atoms with van der Waals surface area (Å²) in [5, 5.41) is 3.81. The first-order valence-electron chi connectivity index (χ1n) is 4.34. The second-order valence-electron chi connectivity index (χ2n) is 2.93. The van der Waals surface area contributed by atoms with E-state index in [0.29, 0.717) is 24.7 Å². The van der Waals surface area contributed by atoms with Crippen molar-refractivity contribution in [1.29, 1.82) is 0 Å². The standard InChI is InChI=1S/C8H11N5O/c1-5-10-4-6(11-5)8-12-7(2-3-9)14-13-8/h4H,2-3,9H2,1H3,(H,10,11). The molecule has 3 N–H and O–H groups in total. The zero-order valence-electron chi connectivity index (χ0n) is 7.82. The highest BCUT2D eigenvalue weighted by molar-refractivity contribution is 5.46. The maximum absolute atomic E-state index is 5.36. The molecule has 0 unspecified atom stereocenters. The first kappa shape index (κ1) is 8.89. The molecule has 6 nitrogen and oxygen atoms in total. The smallest absolute Gasteiger partial charge is 0.228 e. The van der Waals surface area contributed by atoms with E-state index in [1.54, 1.807) is 6.20 Å². The van der Waals surface area contributed by atoms with Crippen molar-refractivity contribution in [2.45, 2.75) is 13.3 Å². The summed E-state index contributed by atoms with van der Waals surface area (Å²) < 4.78 is 4.98. The summed E-state index contributed by atoms with van der Waals surface area (Å²) >= 11 is 0. The Hall–Kier alpha value is -1.69. The minimum Gasteiger partial charge on any atom is -0.340 e. The van der Waals surface area contributed by atoms with Crippen LogP contribution >= 0.6 is 0 Å². The number of nitrogens with one attached hydrogen (secondary N) is 1. The second-order valence-corrected chi connectivity index (χ2v) is 2.93. The van der Waals surface area contributed by atoms with E-state index in [1.807, 2.05) is 6.92 Å². The number of H-pyrrole nitrogens is 1. The molecule has 0 saturated carbocycles. The Morgan fingerprint density at radius 3 is 3.07 bits per heavy atom. The molecule has 2 heterocycles. The molecule has 2 aromatic rings. The minimum absolute atomic E-state index is 0.504. The largest absolute Gasteiger partial charge is 0.340 e. The van der Waals surface area contributed by atoms with E-state index in [4.69, 9.17) is 10.3 Å². The van der Waals surface area contributed by atoms with Gasteiger partial charge in [0.25, 0.3) is 0 Å². The third kappa shape index (κ3) is 1.64. The predicted molar refractivity (Wildman–Crippen MR) is 49.4 cm³/mol. The first-order chi connectivity index (χ1) is 6.79. The molecule has 0 radical (unpaired) electrons. The summed E-state index contributed by atoms with van der Waals surface area (Å²) in [7, 11) is 0. The molecule has 0 bridgehead atoms. The van der Waals surface area contributed by atoms with E-state index in [1.165, 1.54) is 0 Å². The van der Waals surface area contributed by atoms with Gasteiger partial charge in [-0.1, -0.05) is 5.16 Å². The molecule has 6 heteroatoms. The van der Waals surface area contributed by atoms with E-state index in [2.05, 4.69) is 20.1 Å². The molecule has 74 valence electrons. The highest BCUT2D eigenvalue weighted by atomic mass is 16.5. The number of hydrogen-bond acceptors (Lipinski definition) is 5. The SMILES string of the molecule is Cc1ncc(-c2noc(CCN)n2)[nH]1. The van der Waals surface area contributed by atoms with Crippen molar-refractivity contribution in [2.24, 2.45) is 5.73 Å². The lowest BCUT2D eigenvalue weighted by Crippen LogP contribution is -2.02. The van der Waals surface area contributed by atoms with Gasteiger partial charge >= 0.3 is 0 Å². The molecule has 14 heavy (non-hydrogen) atoms. The van der Waals surface area contributed by atoms with Gasteiger partial charge in [-0.2, -0.15) is 4.98 Å². The third-order valence-corrected chi connectivity index (χ3v) is 1.77. The third-order valence-electron chi connectivity index (χ3n) is 1.77. The van der Waals surface area contributed by atoms with Gasteiger partial charge in [0.15, 0.2) is 0 Å². The Labute approximate surface area is 80.5 Å². The number of rotatable bonds is 3. The topological polar surface area (TPSA) is 93.6 Å². The zero-order chi connectivity index (χ0) is 9.97. The molecule has 0 aromatic carbocycles. The molecular formula is C8H11N5O. The Morgan fingerprint density at radius 1 is 1.57 bits per heavy atom. The van der Waals surface area contributed by atoms with E-state index >= 15 is 0 Å². The summed E-state index contributed by atoms with van der Waals surface area (Å²) in [6, 6.07) is 0. The molecule has 2 aromatic heterocycles. The molecule has 0 spiro atoms. The van der Waals surface area contributed by atoms with Gasteiger partial charge in [0.05, 0.1) is 6.20 Å². The summed E-state index contributed by atoms with van der Waals surface area (Å²) in [5.41, 5.74) is 6.12. The van der Waals surface area contributed by atoms with Crippen molar-refractivity contribution < 1.29 is 4.52 Å². The van der Waals surface area contributed by atoms with Crippen LogP contribution in [-0.4, -0.2) is 26.7 Å². The van der Waals surface area contributed by atoms with Crippen LogP contribution in [0.5, 0.6) is 0 Å². The predicted octanol–water partition coefficient (Wildman–Crippen LogP) is 0.269. The molecular weight excluding hydrogens is 182 g/mol. The van der Waals surface area contributed by atoms with Crippen molar-refractivity contribution in [1.82, 2.24) is 20.1 Å². The maximum atomic E-state index is 5.36. The van der Waals surface area contributed by atoms with Crippen LogP contribution in [0.2, 0.25) is 0 Å². The highest BCUT2D eigenvalue weighted by Gasteiger charge is 2.09. The van der Waals surface area contributed by atoms with Gasteiger partial charge in [-0.05, 0) is 6.92 Å². The lowest BCUT2D eigenvalue weighted by atomic mass is 10.4. The normalized spacial score (nSPS) is 10.7. The molecule has 0 aliphatic carbocycles. The molecule has 0 amide bonds. The monoisotopic (exact) mass is 193 g/mol. The number of nitrogens with two attached hydrogens (primary N) is 1. The van der Waals surface area contributed by atoms with E-state index in [0.717, 1.165) is 11.5 Å². The Morgan fingerprint density at radius 2 is 2.43 bits per heavy atom. The van der Waals surface area contributed by atoms with Crippen molar-refractivity contribution in [3.63, 3.8) is 0 Å². The van der Waals surface area contributed by atoms with Crippen LogP contribution in [0.15, 0.2) is 10.7 Å². The molecule has 2 rings (SSSR count). The lowest BCUT2D eigenvalue weighted by molar-refractivity contribution is 0.380. The van der Waals surface area contributed by atoms with Gasteiger partial charge in [-0.25, -0.2) is 4.98 Å². The average Bonchev–Trinajstić information content (AvgIpc) is 2.74. The summed E-state index contributed by atoms with van der Waals surface area (Å²) in [6.45, 7) is 2.37. The Balaban J connectivity index is 2.24. The number of nitrogens with zero attached hydrogens (tertiary/aromatic N) is 3. The summed E-state index contributed by atoms with van der Waals surface area (Å²) in [4.78, 5) is 11.2. The van der Waals surface area contributed by atoms with Crippen molar-refractivity contribution >= 4 is 0 Å². The zero-order valence-corrected chi connectivity index (χ0v) is 7.82. The first-order valence-corrected chi connectivity index (χ1v) is 4.34. The fourth-order valence-corrected chi connectivity index (χ4v) is 1.12. The van der Waals surface area contributed by atoms with Crippen LogP contribution in [0.1, 0.15) is 11.7 Å². The van der Waals surface area contributed by atoms with Crippen LogP contribution in [0.3, 0.4) is 0 Å². The Kier molecular flexibility index (Phi) is 2.28. The van der Waals surface area contributed by atoms with Gasteiger partial charge in [0.2, 0.25) is 11.7 Å². The van der Waals surface area contributed by atoms with Crippen molar-refractivity contribution in [3.8, 4) is 11.5 Å². The molecule has 0 aliphatic heterocycles. The van der Waals surface area contributed by atoms with Gasteiger partial charge in [-0.15, -0.1) is 0 Å². The fraction of sp³-hybridized carbons (Fsp3) is 0.375. The van der Waals surface area contributed by atoms with Crippen LogP contribution in [0.25, 0.3) is 11.5 Å². The molecule has 0 saturated heterocycles. The van der Waals surface area contributed by atoms with Crippen LogP contribution < -0.4 is 5.73 Å². The number of aromatic amines is 1. The fourth-order valence-electron chi connectivity index (χ4n) is 1.12. The maximum Gasteiger partial charge on any atom is 0.228 e. The average molecular weight is 193 g/mol. The summed E-state index contributed by atoms with van der Waals surface area (Å²) in [5.74, 6) is 1.90. The van der Waals surface area contributed by atoms with Gasteiger partial charge < -0.3 is 15.2 Å². The van der Waals surface area contributed by atoms with Crippen molar-refractivity contribution in [3.05, 3.63) is 17.9 Å². The molecule has 0 fully saturated rings. The van der Waals surface area contributed by atoms with Crippen LogP contribution in [0, 0.1) is 6.92 Å². The lowest BCUT2D eigenvalue weighted by Gasteiger charge is -1.85. The summed E-state index contributed by atoms with van der Waals surface area (Å²) in [6.07, 6.45) is 2.27. The number of aromatic nitrogens is 4. The van der Waals surface area contributed by atoms with Crippen LogP contribution in [0.4, 0.5) is 0 Å². The number of hydrogen-bond donors (Lipinski definition) is 2.